The van der Waals surface area contributed by atoms with E-state index in [0.717, 1.165) is 24.9 Å². The molecule has 2 aromatic rings. The van der Waals surface area contributed by atoms with Crippen molar-refractivity contribution in [2.75, 3.05) is 25.0 Å². The van der Waals surface area contributed by atoms with Gasteiger partial charge in [-0.15, -0.1) is 0 Å². The summed E-state index contributed by atoms with van der Waals surface area (Å²) in [6, 6.07) is 17.4. The van der Waals surface area contributed by atoms with Crippen LogP contribution >= 0.6 is 0 Å². The molecule has 1 heterocycles. The monoisotopic (exact) mass is 380 g/mol. The predicted octanol–water partition coefficient (Wildman–Crippen LogP) is 3.90. The van der Waals surface area contributed by atoms with E-state index in [1.54, 1.807) is 24.3 Å². The number of hydrogen-bond donors (Lipinski definition) is 1. The first-order valence-electron chi connectivity index (χ1n) is 9.96. The number of unbranched alkanes of at least 4 members (excludes halogenated alkanes) is 1. The Bertz CT molecular complexity index is 774. The molecule has 0 radical (unpaired) electrons. The van der Waals surface area contributed by atoms with Crippen LogP contribution in [0.4, 0.5) is 5.69 Å². The lowest BCUT2D eigenvalue weighted by atomic mass is 10.1. The van der Waals surface area contributed by atoms with Crippen LogP contribution < -0.4 is 5.32 Å². The van der Waals surface area contributed by atoms with Crippen LogP contribution in [0.5, 0.6) is 0 Å². The second-order valence-corrected chi connectivity index (χ2v) is 7.25. The van der Waals surface area contributed by atoms with Crippen LogP contribution in [-0.4, -0.2) is 42.5 Å². The summed E-state index contributed by atoms with van der Waals surface area (Å²) in [5.41, 5.74) is 2.66. The minimum atomic E-state index is 0.00828. The smallest absolute Gasteiger partial charge is 0.254 e. The first-order valence-corrected chi connectivity index (χ1v) is 9.96. The minimum Gasteiger partial charge on any atom is -0.375 e. The first-order chi connectivity index (χ1) is 13.6. The molecule has 2 aromatic carbocycles. The Morgan fingerprint density at radius 1 is 1.07 bits per heavy atom. The van der Waals surface area contributed by atoms with Crippen LogP contribution in [0.25, 0.3) is 0 Å². The van der Waals surface area contributed by atoms with E-state index in [-0.39, 0.29) is 17.9 Å². The topological polar surface area (TPSA) is 58.6 Å². The van der Waals surface area contributed by atoms with Crippen LogP contribution in [0.2, 0.25) is 0 Å². The van der Waals surface area contributed by atoms with Crippen LogP contribution in [0.3, 0.4) is 0 Å². The van der Waals surface area contributed by atoms with Gasteiger partial charge in [0.25, 0.3) is 5.91 Å². The van der Waals surface area contributed by atoms with Crippen molar-refractivity contribution in [1.29, 1.82) is 0 Å². The molecule has 0 saturated carbocycles. The average molecular weight is 380 g/mol. The van der Waals surface area contributed by atoms with Crippen molar-refractivity contribution in [3.8, 4) is 0 Å². The van der Waals surface area contributed by atoms with Gasteiger partial charge in [0, 0.05) is 30.8 Å². The maximum absolute atomic E-state index is 12.6. The summed E-state index contributed by atoms with van der Waals surface area (Å²) >= 11 is 0. The van der Waals surface area contributed by atoms with Gasteiger partial charge in [0.2, 0.25) is 5.91 Å². The number of nitrogens with one attached hydrogen (secondary N) is 1. The van der Waals surface area contributed by atoms with Gasteiger partial charge >= 0.3 is 0 Å². The number of hydrogen-bond acceptors (Lipinski definition) is 3. The van der Waals surface area contributed by atoms with Crippen LogP contribution in [0.1, 0.15) is 42.1 Å². The number of morpholine rings is 1. The number of anilines is 1. The molecule has 1 N–H and O–H groups in total. The van der Waals surface area contributed by atoms with Gasteiger partial charge < -0.3 is 15.0 Å². The summed E-state index contributed by atoms with van der Waals surface area (Å²) in [7, 11) is 0. The van der Waals surface area contributed by atoms with Crippen LogP contribution in [0.15, 0.2) is 54.6 Å². The minimum absolute atomic E-state index is 0.00828. The SMILES string of the molecule is CC1CN(C(=O)c2ccc(NC(=O)CCCCc3ccccc3)cc2)CCO1. The summed E-state index contributed by atoms with van der Waals surface area (Å²) < 4.78 is 5.48. The molecule has 0 aliphatic carbocycles. The Kier molecular flexibility index (Phi) is 7.20. The van der Waals surface area contributed by atoms with Gasteiger partial charge in [-0.2, -0.15) is 0 Å². The van der Waals surface area contributed by atoms with Crippen molar-refractivity contribution in [2.24, 2.45) is 0 Å². The molecule has 1 fully saturated rings. The maximum atomic E-state index is 12.6. The molecule has 28 heavy (non-hydrogen) atoms. The van der Waals surface area contributed by atoms with Gasteiger partial charge in [-0.1, -0.05) is 30.3 Å². The summed E-state index contributed by atoms with van der Waals surface area (Å²) in [6.07, 6.45) is 3.40. The summed E-state index contributed by atoms with van der Waals surface area (Å²) in [4.78, 5) is 26.5. The fourth-order valence-corrected chi connectivity index (χ4v) is 3.36. The third kappa shape index (κ3) is 5.92. The molecule has 1 saturated heterocycles. The lowest BCUT2D eigenvalue weighted by Gasteiger charge is -2.31. The largest absolute Gasteiger partial charge is 0.375 e. The molecule has 1 aliphatic heterocycles. The zero-order valence-electron chi connectivity index (χ0n) is 16.4. The number of carbonyl (C=O) groups is 2. The zero-order valence-corrected chi connectivity index (χ0v) is 16.4. The lowest BCUT2D eigenvalue weighted by Crippen LogP contribution is -2.44. The highest BCUT2D eigenvalue weighted by atomic mass is 16.5. The van der Waals surface area contributed by atoms with Crippen molar-refractivity contribution >= 4 is 17.5 Å². The molecule has 148 valence electrons. The molecule has 5 nitrogen and oxygen atoms in total. The van der Waals surface area contributed by atoms with Gasteiger partial charge in [0.05, 0.1) is 12.7 Å². The molecule has 0 aromatic heterocycles. The standard InChI is InChI=1S/C23H28N2O3/c1-18-17-25(15-16-28-18)23(27)20-11-13-21(14-12-20)24-22(26)10-6-5-9-19-7-3-2-4-8-19/h2-4,7-8,11-14,18H,5-6,9-10,15-17H2,1H3,(H,24,26). The van der Waals surface area contributed by atoms with Gasteiger partial charge in [0.15, 0.2) is 0 Å². The molecule has 1 aliphatic rings. The number of rotatable bonds is 7. The lowest BCUT2D eigenvalue weighted by molar-refractivity contribution is -0.116. The zero-order chi connectivity index (χ0) is 19.8. The van der Waals surface area contributed by atoms with Gasteiger partial charge in [-0.05, 0) is 56.0 Å². The molecule has 3 rings (SSSR count). The van der Waals surface area contributed by atoms with E-state index in [4.69, 9.17) is 4.74 Å². The van der Waals surface area contributed by atoms with Crippen LogP contribution in [0, 0.1) is 0 Å². The van der Waals surface area contributed by atoms with E-state index in [0.29, 0.717) is 31.7 Å². The predicted molar refractivity (Wildman–Crippen MR) is 110 cm³/mol. The molecule has 1 unspecified atom stereocenters. The Morgan fingerprint density at radius 2 is 1.82 bits per heavy atom. The fourth-order valence-electron chi connectivity index (χ4n) is 3.36. The van der Waals surface area contributed by atoms with Crippen LogP contribution in [-0.2, 0) is 16.0 Å². The van der Waals surface area contributed by atoms with Crippen molar-refractivity contribution in [1.82, 2.24) is 4.90 Å². The molecule has 5 heteroatoms. The molecular formula is C23H28N2O3. The molecule has 0 bridgehead atoms. The van der Waals surface area contributed by atoms with E-state index in [1.165, 1.54) is 5.56 Å². The Hall–Kier alpha value is -2.66. The van der Waals surface area contributed by atoms with E-state index >= 15 is 0 Å². The van der Waals surface area contributed by atoms with Crippen molar-refractivity contribution < 1.29 is 14.3 Å². The number of ether oxygens (including phenoxy) is 1. The second-order valence-electron chi connectivity index (χ2n) is 7.25. The summed E-state index contributed by atoms with van der Waals surface area (Å²) in [5.74, 6) is 0.0167. The highest BCUT2D eigenvalue weighted by Crippen LogP contribution is 2.15. The van der Waals surface area contributed by atoms with Gasteiger partial charge in [-0.3, -0.25) is 9.59 Å². The number of nitrogens with zero attached hydrogens (tertiary/aromatic N) is 1. The van der Waals surface area contributed by atoms with Crippen molar-refractivity contribution in [2.45, 2.75) is 38.7 Å². The molecule has 2 amide bonds. The Morgan fingerprint density at radius 3 is 2.54 bits per heavy atom. The van der Waals surface area contributed by atoms with Gasteiger partial charge in [0.1, 0.15) is 0 Å². The Balaban J connectivity index is 1.42. The fraction of sp³-hybridized carbons (Fsp3) is 0.391. The molecule has 0 spiro atoms. The van der Waals surface area contributed by atoms with E-state index in [9.17, 15) is 9.59 Å². The van der Waals surface area contributed by atoms with E-state index < -0.39 is 0 Å². The number of amides is 2. The van der Waals surface area contributed by atoms with Crippen molar-refractivity contribution in [3.63, 3.8) is 0 Å². The van der Waals surface area contributed by atoms with E-state index in [2.05, 4.69) is 17.4 Å². The number of carbonyl (C=O) groups excluding carboxylic acids is 2. The third-order valence-corrected chi connectivity index (χ3v) is 4.91. The highest BCUT2D eigenvalue weighted by molar-refractivity contribution is 5.95. The molecular weight excluding hydrogens is 352 g/mol. The maximum Gasteiger partial charge on any atom is 0.254 e. The molecule has 1 atom stereocenters. The second kappa shape index (κ2) is 10.0. The number of aryl methyl sites for hydroxylation is 1. The quantitative estimate of drug-likeness (QED) is 0.741. The summed E-state index contributed by atoms with van der Waals surface area (Å²) in [5, 5.41) is 2.91. The third-order valence-electron chi connectivity index (χ3n) is 4.91. The Labute approximate surface area is 166 Å². The van der Waals surface area contributed by atoms with Gasteiger partial charge in [-0.25, -0.2) is 0 Å². The summed E-state index contributed by atoms with van der Waals surface area (Å²) in [6.45, 7) is 3.77. The highest BCUT2D eigenvalue weighted by Gasteiger charge is 2.22. The average Bonchev–Trinajstić information content (AvgIpc) is 2.72. The van der Waals surface area contributed by atoms with Crippen molar-refractivity contribution in [3.05, 3.63) is 65.7 Å². The van der Waals surface area contributed by atoms with E-state index in [1.807, 2.05) is 30.0 Å². The number of benzene rings is 2. The normalized spacial score (nSPS) is 16.6. The first kappa shape index (κ1) is 20.1.